The van der Waals surface area contributed by atoms with E-state index in [9.17, 15) is 8.42 Å². The Balaban J connectivity index is 1.57. The second kappa shape index (κ2) is 9.27. The zero-order valence-electron chi connectivity index (χ0n) is 15.1. The molecule has 0 aliphatic carbocycles. The number of benzene rings is 1. The number of pyridine rings is 1. The van der Waals surface area contributed by atoms with E-state index in [0.29, 0.717) is 29.0 Å². The largest absolute Gasteiger partial charge is 0.396 e. The number of nitrogens with zero attached hydrogens (tertiary/aromatic N) is 3. The molecule has 0 radical (unpaired) electrons. The van der Waals surface area contributed by atoms with E-state index in [-0.39, 0.29) is 11.5 Å². The molecule has 1 fully saturated rings. The smallest absolute Gasteiger partial charge is 0.241 e. The molecule has 0 amide bonds. The number of nitrogens with one attached hydrogen (secondary N) is 1. The van der Waals surface area contributed by atoms with Crippen molar-refractivity contribution >= 4 is 32.5 Å². The van der Waals surface area contributed by atoms with Gasteiger partial charge in [0.2, 0.25) is 10.0 Å². The fourth-order valence-corrected chi connectivity index (χ4v) is 4.72. The second-order valence-corrected chi connectivity index (χ2v) is 8.75. The maximum atomic E-state index is 12.7. The number of aliphatic hydroxyl groups excluding tert-OH is 1. The summed E-state index contributed by atoms with van der Waals surface area (Å²) in [7, 11) is -3.64. The highest BCUT2D eigenvalue weighted by atomic mass is 35.5. The molecule has 0 atom stereocenters. The highest BCUT2D eigenvalue weighted by Gasteiger charge is 2.20. The summed E-state index contributed by atoms with van der Waals surface area (Å²) in [6.07, 6.45) is 2.39. The first-order valence-electron chi connectivity index (χ1n) is 9.10. The zero-order chi connectivity index (χ0) is 19.3. The van der Waals surface area contributed by atoms with Crippen LogP contribution in [0.3, 0.4) is 0 Å². The molecule has 1 aromatic carbocycles. The molecule has 0 saturated carbocycles. The van der Waals surface area contributed by atoms with Crippen LogP contribution in [-0.4, -0.2) is 80.7 Å². The van der Waals surface area contributed by atoms with Gasteiger partial charge in [-0.3, -0.25) is 9.88 Å². The number of rotatable bonds is 8. The van der Waals surface area contributed by atoms with Crippen LogP contribution in [0.5, 0.6) is 0 Å². The van der Waals surface area contributed by atoms with Crippen LogP contribution in [0.25, 0.3) is 10.9 Å². The van der Waals surface area contributed by atoms with Crippen molar-refractivity contribution in [1.29, 1.82) is 0 Å². The molecule has 7 nitrogen and oxygen atoms in total. The summed E-state index contributed by atoms with van der Waals surface area (Å²) in [5.74, 6) is 0. The van der Waals surface area contributed by atoms with Crippen LogP contribution in [-0.2, 0) is 10.0 Å². The number of sulfonamides is 1. The molecule has 0 bridgehead atoms. The van der Waals surface area contributed by atoms with Gasteiger partial charge in [0, 0.05) is 64.0 Å². The summed E-state index contributed by atoms with van der Waals surface area (Å²) in [6.45, 7) is 5.84. The Kier molecular flexibility index (Phi) is 7.02. The minimum atomic E-state index is -3.64. The molecule has 2 heterocycles. The van der Waals surface area contributed by atoms with Gasteiger partial charge in [0.05, 0.1) is 15.4 Å². The fourth-order valence-electron chi connectivity index (χ4n) is 3.29. The molecular weight excluding hydrogens is 388 g/mol. The third-order valence-corrected chi connectivity index (χ3v) is 6.61. The van der Waals surface area contributed by atoms with Crippen LogP contribution < -0.4 is 4.72 Å². The number of hydrogen-bond donors (Lipinski definition) is 2. The molecule has 1 aliphatic rings. The van der Waals surface area contributed by atoms with Gasteiger partial charge in [0.1, 0.15) is 0 Å². The van der Waals surface area contributed by atoms with E-state index in [1.165, 1.54) is 6.07 Å². The van der Waals surface area contributed by atoms with Crippen molar-refractivity contribution in [3.8, 4) is 0 Å². The molecule has 0 spiro atoms. The molecule has 2 aromatic rings. The Morgan fingerprint density at radius 2 is 1.81 bits per heavy atom. The Bertz CT molecular complexity index is 870. The molecule has 0 unspecified atom stereocenters. The van der Waals surface area contributed by atoms with Crippen molar-refractivity contribution in [2.75, 3.05) is 52.4 Å². The van der Waals surface area contributed by atoms with E-state index in [0.717, 1.165) is 39.1 Å². The summed E-state index contributed by atoms with van der Waals surface area (Å²) in [5.41, 5.74) is 0.487. The number of fused-ring (bicyclic) bond motifs is 1. The number of aromatic nitrogens is 1. The van der Waals surface area contributed by atoms with Gasteiger partial charge < -0.3 is 10.0 Å². The van der Waals surface area contributed by atoms with Crippen LogP contribution in [0.1, 0.15) is 6.42 Å². The van der Waals surface area contributed by atoms with Crippen molar-refractivity contribution in [3.63, 3.8) is 0 Å². The quantitative estimate of drug-likeness (QED) is 0.676. The lowest BCUT2D eigenvalue weighted by atomic mass is 10.2. The molecule has 3 rings (SSSR count). The fraction of sp³-hybridized carbons (Fsp3) is 0.500. The molecular formula is C18H25ClN4O3S. The van der Waals surface area contributed by atoms with Gasteiger partial charge in [0.15, 0.2) is 0 Å². The summed E-state index contributed by atoms with van der Waals surface area (Å²) in [5, 5.41) is 9.86. The maximum Gasteiger partial charge on any atom is 0.241 e. The lowest BCUT2D eigenvalue weighted by Gasteiger charge is -2.34. The van der Waals surface area contributed by atoms with Gasteiger partial charge in [0.25, 0.3) is 0 Å². The Labute approximate surface area is 165 Å². The van der Waals surface area contributed by atoms with Crippen molar-refractivity contribution in [3.05, 3.63) is 35.5 Å². The minimum Gasteiger partial charge on any atom is -0.396 e. The van der Waals surface area contributed by atoms with Crippen LogP contribution >= 0.6 is 11.6 Å². The first-order valence-corrected chi connectivity index (χ1v) is 11.0. The number of hydrogen-bond acceptors (Lipinski definition) is 6. The summed E-state index contributed by atoms with van der Waals surface area (Å²) in [6, 6.07) is 6.51. The third kappa shape index (κ3) is 5.16. The van der Waals surface area contributed by atoms with Gasteiger partial charge in [-0.25, -0.2) is 13.1 Å². The number of piperazine rings is 1. The van der Waals surface area contributed by atoms with Crippen LogP contribution in [0, 0.1) is 0 Å². The zero-order valence-corrected chi connectivity index (χ0v) is 16.7. The predicted octanol–water partition coefficient (Wildman–Crippen LogP) is 1.17. The van der Waals surface area contributed by atoms with Crippen molar-refractivity contribution in [2.45, 2.75) is 11.3 Å². The van der Waals surface area contributed by atoms with Gasteiger partial charge in [-0.1, -0.05) is 11.6 Å². The number of halogens is 1. The van der Waals surface area contributed by atoms with Gasteiger partial charge >= 0.3 is 0 Å². The van der Waals surface area contributed by atoms with E-state index in [4.69, 9.17) is 16.7 Å². The average molecular weight is 413 g/mol. The molecule has 27 heavy (non-hydrogen) atoms. The van der Waals surface area contributed by atoms with Gasteiger partial charge in [-0.05, 0) is 30.7 Å². The van der Waals surface area contributed by atoms with Gasteiger partial charge in [-0.15, -0.1) is 0 Å². The Morgan fingerprint density at radius 3 is 2.52 bits per heavy atom. The molecule has 1 aliphatic heterocycles. The molecule has 148 valence electrons. The summed E-state index contributed by atoms with van der Waals surface area (Å²) in [4.78, 5) is 8.95. The third-order valence-electron chi connectivity index (χ3n) is 4.79. The van der Waals surface area contributed by atoms with E-state index in [2.05, 4.69) is 19.5 Å². The van der Waals surface area contributed by atoms with E-state index in [1.807, 2.05) is 0 Å². The van der Waals surface area contributed by atoms with E-state index < -0.39 is 10.0 Å². The van der Waals surface area contributed by atoms with Crippen LogP contribution in [0.2, 0.25) is 5.02 Å². The van der Waals surface area contributed by atoms with Crippen molar-refractivity contribution in [1.82, 2.24) is 19.5 Å². The molecule has 1 saturated heterocycles. The standard InChI is InChI=1S/C18H25ClN4O3S/c19-16-4-5-17(15-3-1-6-20-18(15)16)27(25,26)21-7-9-23-12-10-22(11-13-23)8-2-14-24/h1,3-6,21,24H,2,7-14H2. The Morgan fingerprint density at radius 1 is 1.11 bits per heavy atom. The van der Waals surface area contributed by atoms with Gasteiger partial charge in [-0.2, -0.15) is 0 Å². The lowest BCUT2D eigenvalue weighted by molar-refractivity contribution is 0.126. The lowest BCUT2D eigenvalue weighted by Crippen LogP contribution is -2.48. The van der Waals surface area contributed by atoms with Crippen LogP contribution in [0.4, 0.5) is 0 Å². The second-order valence-electron chi connectivity index (χ2n) is 6.60. The normalized spacial score (nSPS) is 16.8. The minimum absolute atomic E-state index is 0.198. The van der Waals surface area contributed by atoms with E-state index >= 15 is 0 Å². The highest BCUT2D eigenvalue weighted by molar-refractivity contribution is 7.89. The van der Waals surface area contributed by atoms with Crippen molar-refractivity contribution in [2.24, 2.45) is 0 Å². The monoisotopic (exact) mass is 412 g/mol. The summed E-state index contributed by atoms with van der Waals surface area (Å²) < 4.78 is 28.2. The number of aliphatic hydroxyl groups is 1. The maximum absolute atomic E-state index is 12.7. The topological polar surface area (TPSA) is 85.8 Å². The highest BCUT2D eigenvalue weighted by Crippen LogP contribution is 2.27. The first-order chi connectivity index (χ1) is 13.0. The Hall–Kier alpha value is -1.29. The van der Waals surface area contributed by atoms with E-state index in [1.54, 1.807) is 24.4 Å². The first kappa shape index (κ1) is 20.4. The average Bonchev–Trinajstić information content (AvgIpc) is 2.67. The molecule has 1 aromatic heterocycles. The molecule has 2 N–H and O–H groups in total. The predicted molar refractivity (Wildman–Crippen MR) is 107 cm³/mol. The van der Waals surface area contributed by atoms with Crippen molar-refractivity contribution < 1.29 is 13.5 Å². The summed E-state index contributed by atoms with van der Waals surface area (Å²) >= 11 is 6.13. The van der Waals surface area contributed by atoms with Crippen LogP contribution in [0.15, 0.2) is 35.4 Å². The molecule has 9 heteroatoms. The SMILES string of the molecule is O=S(=O)(NCCN1CCN(CCCO)CC1)c1ccc(Cl)c2ncccc12.